The molecule has 1 heterocycles. The summed E-state index contributed by atoms with van der Waals surface area (Å²) in [5, 5.41) is 9.33. The van der Waals surface area contributed by atoms with Crippen molar-refractivity contribution < 1.29 is 19.4 Å². The molecule has 0 bridgehead atoms. The number of aliphatic carboxylic acids is 1. The molecule has 5 heteroatoms. The van der Waals surface area contributed by atoms with Gasteiger partial charge in [0.15, 0.2) is 11.5 Å². The molecule has 110 valence electrons. The zero-order valence-electron chi connectivity index (χ0n) is 12.1. The van der Waals surface area contributed by atoms with Crippen LogP contribution in [0.1, 0.15) is 44.7 Å². The van der Waals surface area contributed by atoms with Crippen LogP contribution in [0.15, 0.2) is 10.5 Å². The zero-order chi connectivity index (χ0) is 15.1. The molecule has 1 aromatic carbocycles. The lowest BCUT2D eigenvalue weighted by atomic mass is 9.82. The molecule has 0 aromatic heterocycles. The molecule has 0 amide bonds. The quantitative estimate of drug-likeness (QED) is 0.899. The molecule has 2 rings (SSSR count). The van der Waals surface area contributed by atoms with Gasteiger partial charge in [0.25, 0.3) is 0 Å². The molecule has 0 saturated heterocycles. The molecule has 1 aromatic rings. The van der Waals surface area contributed by atoms with Crippen LogP contribution in [-0.4, -0.2) is 17.9 Å². The first-order valence-electron chi connectivity index (χ1n) is 6.58. The van der Waals surface area contributed by atoms with Crippen LogP contribution >= 0.6 is 15.9 Å². The van der Waals surface area contributed by atoms with Crippen LogP contribution in [-0.2, 0) is 11.2 Å². The molecule has 0 spiro atoms. The lowest BCUT2D eigenvalue weighted by molar-refractivity contribution is -0.146. The summed E-state index contributed by atoms with van der Waals surface area (Å²) in [5.74, 6) is 0.885. The summed E-state index contributed by atoms with van der Waals surface area (Å²) < 4.78 is 11.9. The van der Waals surface area contributed by atoms with E-state index in [-0.39, 0.29) is 12.7 Å². The van der Waals surface area contributed by atoms with Gasteiger partial charge in [-0.05, 0) is 53.7 Å². The highest BCUT2D eigenvalue weighted by Gasteiger charge is 2.32. The van der Waals surface area contributed by atoms with Crippen LogP contribution in [0.2, 0.25) is 0 Å². The maximum absolute atomic E-state index is 11.4. The summed E-state index contributed by atoms with van der Waals surface area (Å²) in [7, 11) is 0. The summed E-state index contributed by atoms with van der Waals surface area (Å²) in [6.45, 7) is 7.82. The normalized spacial score (nSPS) is 13.9. The average Bonchev–Trinajstić information content (AvgIpc) is 2.76. The summed E-state index contributed by atoms with van der Waals surface area (Å²) >= 11 is 3.47. The van der Waals surface area contributed by atoms with E-state index in [0.29, 0.717) is 12.2 Å². The van der Waals surface area contributed by atoms with E-state index in [2.05, 4.69) is 29.8 Å². The molecular formula is C15H19BrO4. The summed E-state index contributed by atoms with van der Waals surface area (Å²) in [5.41, 5.74) is 1.20. The summed E-state index contributed by atoms with van der Waals surface area (Å²) in [6, 6.07) is 1.95. The third kappa shape index (κ3) is 2.64. The molecule has 0 aliphatic carbocycles. The maximum atomic E-state index is 11.4. The Balaban J connectivity index is 2.53. The van der Waals surface area contributed by atoms with Gasteiger partial charge in [0.1, 0.15) is 0 Å². The minimum atomic E-state index is -0.823. The van der Waals surface area contributed by atoms with Gasteiger partial charge in [-0.15, -0.1) is 0 Å². The predicted molar refractivity (Wildman–Crippen MR) is 79.5 cm³/mol. The van der Waals surface area contributed by atoms with E-state index in [1.807, 2.05) is 6.07 Å². The second-order valence-electron chi connectivity index (χ2n) is 6.02. The van der Waals surface area contributed by atoms with Crippen molar-refractivity contribution in [3.8, 4) is 11.5 Å². The van der Waals surface area contributed by atoms with E-state index in [0.717, 1.165) is 21.3 Å². The van der Waals surface area contributed by atoms with Gasteiger partial charge in [-0.3, -0.25) is 4.79 Å². The van der Waals surface area contributed by atoms with Crippen LogP contribution in [0.4, 0.5) is 0 Å². The van der Waals surface area contributed by atoms with Crippen LogP contribution in [0.5, 0.6) is 11.5 Å². The van der Waals surface area contributed by atoms with Gasteiger partial charge < -0.3 is 14.6 Å². The molecule has 1 aliphatic heterocycles. The third-order valence-electron chi connectivity index (χ3n) is 3.51. The molecule has 1 N–H and O–H groups in total. The number of carboxylic acid groups (broad SMARTS) is 1. The van der Waals surface area contributed by atoms with Crippen molar-refractivity contribution in [1.29, 1.82) is 0 Å². The Hall–Kier alpha value is -1.23. The highest BCUT2D eigenvalue weighted by molar-refractivity contribution is 9.10. The van der Waals surface area contributed by atoms with E-state index < -0.39 is 11.4 Å². The minimum absolute atomic E-state index is 0.208. The Bertz CT molecular complexity index is 549. The van der Waals surface area contributed by atoms with Gasteiger partial charge in [-0.1, -0.05) is 13.8 Å². The third-order valence-corrected chi connectivity index (χ3v) is 4.10. The van der Waals surface area contributed by atoms with E-state index in [1.165, 1.54) is 0 Å². The van der Waals surface area contributed by atoms with Crippen molar-refractivity contribution in [1.82, 2.24) is 0 Å². The van der Waals surface area contributed by atoms with Gasteiger partial charge in [-0.25, -0.2) is 0 Å². The topological polar surface area (TPSA) is 55.8 Å². The van der Waals surface area contributed by atoms with Crippen molar-refractivity contribution in [2.75, 3.05) is 6.79 Å². The van der Waals surface area contributed by atoms with Crippen molar-refractivity contribution >= 4 is 21.9 Å². The van der Waals surface area contributed by atoms with E-state index >= 15 is 0 Å². The summed E-state index contributed by atoms with van der Waals surface area (Å²) in [4.78, 5) is 11.4. The second-order valence-corrected chi connectivity index (χ2v) is 6.87. The first kappa shape index (κ1) is 15.2. The number of halogens is 1. The molecule has 0 saturated carbocycles. The molecular weight excluding hydrogens is 324 g/mol. The maximum Gasteiger partial charge on any atom is 0.309 e. The van der Waals surface area contributed by atoms with Gasteiger partial charge in [0, 0.05) is 5.56 Å². The first-order valence-corrected chi connectivity index (χ1v) is 7.37. The lowest BCUT2D eigenvalue weighted by Gasteiger charge is -2.23. The van der Waals surface area contributed by atoms with Crippen LogP contribution in [0, 0.1) is 5.41 Å². The summed E-state index contributed by atoms with van der Waals surface area (Å²) in [6.07, 6.45) is 0.449. The van der Waals surface area contributed by atoms with Gasteiger partial charge in [-0.2, -0.15) is 0 Å². The largest absolute Gasteiger partial charge is 0.481 e. The standard InChI is InChI=1S/C15H19BrO4/c1-8(2)11-9(6-15(3,4)14(17)18)5-10(16)12-13(11)20-7-19-12/h5,8H,6-7H2,1-4H3,(H,17,18). The number of rotatable bonds is 4. The van der Waals surface area contributed by atoms with Crippen LogP contribution < -0.4 is 9.47 Å². The number of carbonyl (C=O) groups is 1. The lowest BCUT2D eigenvalue weighted by Crippen LogP contribution is -2.26. The Morgan fingerprint density at radius 1 is 1.40 bits per heavy atom. The van der Waals surface area contributed by atoms with Crippen molar-refractivity contribution in [2.45, 2.75) is 40.0 Å². The number of hydrogen-bond acceptors (Lipinski definition) is 3. The number of carboxylic acids is 1. The van der Waals surface area contributed by atoms with Crippen LogP contribution in [0.25, 0.3) is 0 Å². The zero-order valence-corrected chi connectivity index (χ0v) is 13.7. The monoisotopic (exact) mass is 342 g/mol. The van der Waals surface area contributed by atoms with Gasteiger partial charge in [0.05, 0.1) is 9.89 Å². The fourth-order valence-electron chi connectivity index (χ4n) is 2.43. The van der Waals surface area contributed by atoms with E-state index in [1.54, 1.807) is 13.8 Å². The molecule has 0 fully saturated rings. The molecule has 4 nitrogen and oxygen atoms in total. The fraction of sp³-hybridized carbons (Fsp3) is 0.533. The number of ether oxygens (including phenoxy) is 2. The average molecular weight is 343 g/mol. The molecule has 0 atom stereocenters. The highest BCUT2D eigenvalue weighted by atomic mass is 79.9. The number of benzene rings is 1. The Morgan fingerprint density at radius 2 is 2.00 bits per heavy atom. The minimum Gasteiger partial charge on any atom is -0.481 e. The molecule has 0 radical (unpaired) electrons. The molecule has 0 unspecified atom stereocenters. The van der Waals surface area contributed by atoms with E-state index in [4.69, 9.17) is 9.47 Å². The number of fused-ring (bicyclic) bond motifs is 1. The van der Waals surface area contributed by atoms with Gasteiger partial charge >= 0.3 is 5.97 Å². The van der Waals surface area contributed by atoms with Crippen molar-refractivity contribution in [3.63, 3.8) is 0 Å². The van der Waals surface area contributed by atoms with E-state index in [9.17, 15) is 9.90 Å². The second kappa shape index (κ2) is 5.28. The SMILES string of the molecule is CC(C)c1c(CC(C)(C)C(=O)O)cc(Br)c2c1OCO2. The Labute approximate surface area is 127 Å². The Morgan fingerprint density at radius 3 is 2.55 bits per heavy atom. The molecule has 20 heavy (non-hydrogen) atoms. The number of hydrogen-bond donors (Lipinski definition) is 1. The smallest absolute Gasteiger partial charge is 0.309 e. The molecule has 1 aliphatic rings. The van der Waals surface area contributed by atoms with Crippen molar-refractivity contribution in [3.05, 3.63) is 21.7 Å². The fourth-order valence-corrected chi connectivity index (χ4v) is 3.00. The van der Waals surface area contributed by atoms with Gasteiger partial charge in [0.2, 0.25) is 6.79 Å². The van der Waals surface area contributed by atoms with Crippen molar-refractivity contribution in [2.24, 2.45) is 5.41 Å². The predicted octanol–water partition coefficient (Wildman–Crippen LogP) is 3.95. The van der Waals surface area contributed by atoms with Crippen LogP contribution in [0.3, 0.4) is 0 Å². The Kier molecular flexibility index (Phi) is 4.00. The highest BCUT2D eigenvalue weighted by Crippen LogP contribution is 2.47. The first-order chi connectivity index (χ1) is 9.24.